The molecule has 1 aromatic carbocycles. The number of amides is 2. The molecule has 0 aliphatic heterocycles. The molecule has 0 radical (unpaired) electrons. The summed E-state index contributed by atoms with van der Waals surface area (Å²) < 4.78 is 0. The van der Waals surface area contributed by atoms with Gasteiger partial charge in [0.25, 0.3) is 0 Å². The maximum Gasteiger partial charge on any atom is 0.238 e. The lowest BCUT2D eigenvalue weighted by Crippen LogP contribution is -2.31. The average molecular weight is 318 g/mol. The number of hydrogen-bond donors (Lipinski definition) is 3. The summed E-state index contributed by atoms with van der Waals surface area (Å²) in [5, 5.41) is 5.25. The Morgan fingerprint density at radius 1 is 1.18 bits per heavy atom. The van der Waals surface area contributed by atoms with Crippen LogP contribution in [0.1, 0.15) is 23.7 Å². The van der Waals surface area contributed by atoms with E-state index in [-0.39, 0.29) is 18.2 Å². The second-order valence-electron chi connectivity index (χ2n) is 4.89. The van der Waals surface area contributed by atoms with Gasteiger partial charge in [0.15, 0.2) is 5.13 Å². The van der Waals surface area contributed by atoms with Crippen LogP contribution in [0.4, 0.5) is 5.13 Å². The van der Waals surface area contributed by atoms with E-state index in [1.165, 1.54) is 23.8 Å². The first-order chi connectivity index (χ1) is 10.6. The van der Waals surface area contributed by atoms with Crippen molar-refractivity contribution in [1.82, 2.24) is 10.4 Å². The van der Waals surface area contributed by atoms with Gasteiger partial charge in [-0.2, -0.15) is 0 Å². The van der Waals surface area contributed by atoms with Crippen LogP contribution in [0.3, 0.4) is 0 Å². The molecule has 22 heavy (non-hydrogen) atoms. The van der Waals surface area contributed by atoms with E-state index in [4.69, 9.17) is 5.84 Å². The standard InChI is InChI=1S/C15H18N4O2S/c1-10(20)17-15-18-13(9-22-15)7-6-11-2-4-12(5-3-11)8-14(21)19-16/h2-5,9H,6-8,16H2,1H3,(H,19,21)(H,17,18,20). The van der Waals surface area contributed by atoms with E-state index in [9.17, 15) is 9.59 Å². The van der Waals surface area contributed by atoms with Gasteiger partial charge in [-0.15, -0.1) is 11.3 Å². The predicted molar refractivity (Wildman–Crippen MR) is 86.3 cm³/mol. The summed E-state index contributed by atoms with van der Waals surface area (Å²) in [6.45, 7) is 1.47. The molecule has 0 unspecified atom stereocenters. The van der Waals surface area contributed by atoms with E-state index in [0.717, 1.165) is 24.1 Å². The molecular weight excluding hydrogens is 300 g/mol. The Morgan fingerprint density at radius 3 is 2.50 bits per heavy atom. The summed E-state index contributed by atoms with van der Waals surface area (Å²) in [5.41, 5.74) is 5.17. The van der Waals surface area contributed by atoms with Crippen LogP contribution in [0.2, 0.25) is 0 Å². The van der Waals surface area contributed by atoms with Crippen molar-refractivity contribution in [3.8, 4) is 0 Å². The fourth-order valence-corrected chi connectivity index (χ4v) is 2.75. The number of aryl methyl sites for hydroxylation is 2. The molecule has 0 saturated carbocycles. The molecule has 6 nitrogen and oxygen atoms in total. The van der Waals surface area contributed by atoms with Gasteiger partial charge in [-0.1, -0.05) is 24.3 Å². The van der Waals surface area contributed by atoms with Crippen molar-refractivity contribution in [3.63, 3.8) is 0 Å². The molecule has 0 aliphatic rings. The monoisotopic (exact) mass is 318 g/mol. The number of nitrogens with two attached hydrogens (primary N) is 1. The Kier molecular flexibility index (Phi) is 5.62. The summed E-state index contributed by atoms with van der Waals surface area (Å²) in [6.07, 6.45) is 1.94. The zero-order valence-corrected chi connectivity index (χ0v) is 13.1. The van der Waals surface area contributed by atoms with Crippen molar-refractivity contribution in [3.05, 3.63) is 46.5 Å². The van der Waals surface area contributed by atoms with Gasteiger partial charge in [0.1, 0.15) is 0 Å². The first-order valence-corrected chi connectivity index (χ1v) is 7.74. The second kappa shape index (κ2) is 7.67. The first kappa shape index (κ1) is 16.1. The molecule has 0 aliphatic carbocycles. The maximum absolute atomic E-state index is 11.2. The molecule has 1 heterocycles. The number of thiazole rings is 1. The number of carbonyl (C=O) groups excluding carboxylic acids is 2. The Hall–Kier alpha value is -2.25. The molecule has 1 aromatic heterocycles. The highest BCUT2D eigenvalue weighted by Gasteiger charge is 2.05. The van der Waals surface area contributed by atoms with E-state index in [0.29, 0.717) is 5.13 Å². The van der Waals surface area contributed by atoms with Gasteiger partial charge in [0.05, 0.1) is 12.1 Å². The highest BCUT2D eigenvalue weighted by molar-refractivity contribution is 7.13. The van der Waals surface area contributed by atoms with E-state index in [1.807, 2.05) is 29.6 Å². The molecule has 7 heteroatoms. The van der Waals surface area contributed by atoms with Gasteiger partial charge in [0.2, 0.25) is 11.8 Å². The van der Waals surface area contributed by atoms with Crippen molar-refractivity contribution >= 4 is 28.3 Å². The summed E-state index contributed by atoms with van der Waals surface area (Å²) in [4.78, 5) is 26.5. The molecule has 0 saturated heterocycles. The third-order valence-electron chi connectivity index (χ3n) is 3.05. The highest BCUT2D eigenvalue weighted by atomic mass is 32.1. The number of benzene rings is 1. The van der Waals surface area contributed by atoms with Gasteiger partial charge in [0, 0.05) is 12.3 Å². The third-order valence-corrected chi connectivity index (χ3v) is 3.86. The van der Waals surface area contributed by atoms with Gasteiger partial charge in [-0.05, 0) is 24.0 Å². The topological polar surface area (TPSA) is 97.1 Å². The van der Waals surface area contributed by atoms with Crippen LogP contribution < -0.4 is 16.6 Å². The normalized spacial score (nSPS) is 10.3. The molecule has 2 rings (SSSR count). The number of carbonyl (C=O) groups is 2. The van der Waals surface area contributed by atoms with Crippen LogP contribution in [-0.2, 0) is 28.9 Å². The molecule has 116 valence electrons. The smallest absolute Gasteiger partial charge is 0.238 e. The largest absolute Gasteiger partial charge is 0.302 e. The number of hydrazine groups is 1. The fraction of sp³-hybridized carbons (Fsp3) is 0.267. The minimum Gasteiger partial charge on any atom is -0.302 e. The van der Waals surface area contributed by atoms with Crippen molar-refractivity contribution < 1.29 is 9.59 Å². The number of nitrogens with zero attached hydrogens (tertiary/aromatic N) is 1. The van der Waals surface area contributed by atoms with Crippen molar-refractivity contribution in [2.75, 3.05) is 5.32 Å². The predicted octanol–water partition coefficient (Wildman–Crippen LogP) is 1.42. The molecular formula is C15H18N4O2S. The zero-order valence-electron chi connectivity index (χ0n) is 12.3. The van der Waals surface area contributed by atoms with E-state index < -0.39 is 0 Å². The summed E-state index contributed by atoms with van der Waals surface area (Å²) in [5.74, 6) is 4.74. The second-order valence-corrected chi connectivity index (χ2v) is 5.74. The Labute approximate surface area is 132 Å². The third kappa shape index (κ3) is 4.94. The number of rotatable bonds is 6. The summed E-state index contributed by atoms with van der Waals surface area (Å²) in [6, 6.07) is 7.85. The molecule has 0 spiro atoms. The molecule has 4 N–H and O–H groups in total. The lowest BCUT2D eigenvalue weighted by atomic mass is 10.0. The van der Waals surface area contributed by atoms with Crippen LogP contribution in [0.5, 0.6) is 0 Å². The number of anilines is 1. The SMILES string of the molecule is CC(=O)Nc1nc(CCc2ccc(CC(=O)NN)cc2)cs1. The van der Waals surface area contributed by atoms with Crippen molar-refractivity contribution in [2.24, 2.45) is 5.84 Å². The average Bonchev–Trinajstić information content (AvgIpc) is 2.93. The number of aromatic nitrogens is 1. The zero-order chi connectivity index (χ0) is 15.9. The quantitative estimate of drug-likeness (QED) is 0.426. The summed E-state index contributed by atoms with van der Waals surface area (Å²) >= 11 is 1.43. The van der Waals surface area contributed by atoms with Gasteiger partial charge >= 0.3 is 0 Å². The van der Waals surface area contributed by atoms with E-state index in [2.05, 4.69) is 15.7 Å². The minimum absolute atomic E-state index is 0.113. The van der Waals surface area contributed by atoms with Crippen LogP contribution >= 0.6 is 11.3 Å². The Balaban J connectivity index is 1.87. The lowest BCUT2D eigenvalue weighted by molar-refractivity contribution is -0.120. The van der Waals surface area contributed by atoms with Crippen LogP contribution in [0, 0.1) is 0 Å². The fourth-order valence-electron chi connectivity index (χ4n) is 1.96. The van der Waals surface area contributed by atoms with Crippen LogP contribution in [0.15, 0.2) is 29.6 Å². The van der Waals surface area contributed by atoms with Crippen LogP contribution in [-0.4, -0.2) is 16.8 Å². The van der Waals surface area contributed by atoms with Gasteiger partial charge < -0.3 is 5.32 Å². The van der Waals surface area contributed by atoms with Crippen molar-refractivity contribution in [2.45, 2.75) is 26.2 Å². The van der Waals surface area contributed by atoms with Crippen molar-refractivity contribution in [1.29, 1.82) is 0 Å². The Morgan fingerprint density at radius 2 is 1.86 bits per heavy atom. The molecule has 0 fully saturated rings. The van der Waals surface area contributed by atoms with E-state index >= 15 is 0 Å². The molecule has 0 bridgehead atoms. The number of nitrogens with one attached hydrogen (secondary N) is 2. The molecule has 0 atom stereocenters. The molecule has 2 amide bonds. The van der Waals surface area contributed by atoms with Gasteiger partial charge in [-0.25, -0.2) is 10.8 Å². The summed E-state index contributed by atoms with van der Waals surface area (Å²) in [7, 11) is 0. The minimum atomic E-state index is -0.208. The van der Waals surface area contributed by atoms with E-state index in [1.54, 1.807) is 0 Å². The van der Waals surface area contributed by atoms with Gasteiger partial charge in [-0.3, -0.25) is 15.0 Å². The lowest BCUT2D eigenvalue weighted by Gasteiger charge is -2.03. The molecule has 2 aromatic rings. The van der Waals surface area contributed by atoms with Crippen LogP contribution in [0.25, 0.3) is 0 Å². The first-order valence-electron chi connectivity index (χ1n) is 6.86. The maximum atomic E-state index is 11.2. The highest BCUT2D eigenvalue weighted by Crippen LogP contribution is 2.17. The number of hydrogen-bond acceptors (Lipinski definition) is 5. The Bertz CT molecular complexity index is 652.